The molecule has 2 unspecified atom stereocenters. The first-order chi connectivity index (χ1) is 8.52. The number of nitrogens with zero attached hydrogens (tertiary/aromatic N) is 2. The summed E-state index contributed by atoms with van der Waals surface area (Å²) in [6.07, 6.45) is 5.84. The average Bonchev–Trinajstić information content (AvgIpc) is 2.38. The van der Waals surface area contributed by atoms with Crippen molar-refractivity contribution in [3.05, 3.63) is 0 Å². The fraction of sp³-hybridized carbons (Fsp3) is 0.933. The predicted molar refractivity (Wildman–Crippen MR) is 78.5 cm³/mol. The second-order valence-corrected chi connectivity index (χ2v) is 5.49. The highest BCUT2D eigenvalue weighted by molar-refractivity contribution is 5.04. The summed E-state index contributed by atoms with van der Waals surface area (Å²) < 4.78 is 0. The molecule has 18 heavy (non-hydrogen) atoms. The van der Waals surface area contributed by atoms with Gasteiger partial charge >= 0.3 is 0 Å². The molecule has 1 N–H and O–H groups in total. The molecule has 0 bridgehead atoms. The van der Waals surface area contributed by atoms with Gasteiger partial charge in [0.15, 0.2) is 0 Å². The van der Waals surface area contributed by atoms with Gasteiger partial charge in [0.05, 0.1) is 6.07 Å². The van der Waals surface area contributed by atoms with Crippen LogP contribution in [0, 0.1) is 11.3 Å². The van der Waals surface area contributed by atoms with Gasteiger partial charge < -0.3 is 10.2 Å². The lowest BCUT2D eigenvalue weighted by atomic mass is 9.94. The van der Waals surface area contributed by atoms with E-state index in [0.717, 1.165) is 19.5 Å². The van der Waals surface area contributed by atoms with Crippen molar-refractivity contribution >= 4 is 0 Å². The van der Waals surface area contributed by atoms with Crippen LogP contribution in [-0.2, 0) is 0 Å². The minimum atomic E-state index is -0.407. The summed E-state index contributed by atoms with van der Waals surface area (Å²) in [7, 11) is 1.87. The van der Waals surface area contributed by atoms with Gasteiger partial charge in [0.1, 0.15) is 5.54 Å². The average molecular weight is 253 g/mol. The minimum absolute atomic E-state index is 0.407. The first kappa shape index (κ1) is 17.4. The van der Waals surface area contributed by atoms with Crippen LogP contribution in [0.3, 0.4) is 0 Å². The lowest BCUT2D eigenvalue weighted by Crippen LogP contribution is -2.46. The monoisotopic (exact) mass is 253 g/mol. The van der Waals surface area contributed by atoms with Crippen molar-refractivity contribution in [2.45, 2.75) is 71.4 Å². The molecule has 0 saturated heterocycles. The predicted octanol–water partition coefficient (Wildman–Crippen LogP) is 3.17. The smallest absolute Gasteiger partial charge is 0.105 e. The Kier molecular flexibility index (Phi) is 9.05. The van der Waals surface area contributed by atoms with Crippen LogP contribution in [0.2, 0.25) is 0 Å². The molecule has 0 aromatic heterocycles. The first-order valence-electron chi connectivity index (χ1n) is 7.37. The molecule has 0 heterocycles. The molecule has 0 spiro atoms. The summed E-state index contributed by atoms with van der Waals surface area (Å²) in [6, 6.07) is 2.85. The SMILES string of the molecule is CCCCN(CCCC)C(C)CC(C)(C#N)NC. The van der Waals surface area contributed by atoms with E-state index in [9.17, 15) is 5.26 Å². The number of hydrogen-bond acceptors (Lipinski definition) is 3. The van der Waals surface area contributed by atoms with Crippen LogP contribution >= 0.6 is 0 Å². The second kappa shape index (κ2) is 9.35. The molecule has 0 aliphatic rings. The maximum absolute atomic E-state index is 9.24. The van der Waals surface area contributed by atoms with Gasteiger partial charge in [-0.1, -0.05) is 26.7 Å². The molecule has 3 nitrogen and oxygen atoms in total. The van der Waals surface area contributed by atoms with Gasteiger partial charge in [0.25, 0.3) is 0 Å². The minimum Gasteiger partial charge on any atom is -0.303 e. The summed E-state index contributed by atoms with van der Waals surface area (Å²) in [5.41, 5.74) is -0.407. The van der Waals surface area contributed by atoms with Crippen molar-refractivity contribution in [1.82, 2.24) is 10.2 Å². The van der Waals surface area contributed by atoms with Gasteiger partial charge in [-0.25, -0.2) is 0 Å². The van der Waals surface area contributed by atoms with Gasteiger partial charge in [-0.2, -0.15) is 5.26 Å². The molecule has 3 heteroatoms. The van der Waals surface area contributed by atoms with Crippen molar-refractivity contribution in [1.29, 1.82) is 5.26 Å². The molecular formula is C15H31N3. The van der Waals surface area contributed by atoms with Crippen LogP contribution in [0.5, 0.6) is 0 Å². The third kappa shape index (κ3) is 6.37. The number of hydrogen-bond donors (Lipinski definition) is 1. The molecule has 2 atom stereocenters. The highest BCUT2D eigenvalue weighted by Gasteiger charge is 2.26. The maximum atomic E-state index is 9.24. The molecule has 0 aromatic carbocycles. The third-order valence-electron chi connectivity index (χ3n) is 3.72. The lowest BCUT2D eigenvalue weighted by molar-refractivity contribution is 0.173. The molecule has 0 fully saturated rings. The van der Waals surface area contributed by atoms with Gasteiger partial charge in [-0.15, -0.1) is 0 Å². The van der Waals surface area contributed by atoms with E-state index in [4.69, 9.17) is 0 Å². The van der Waals surface area contributed by atoms with Crippen LogP contribution in [0.25, 0.3) is 0 Å². The number of unbranched alkanes of at least 4 members (excludes halogenated alkanes) is 2. The standard InChI is InChI=1S/C15H31N3/c1-6-8-10-18(11-9-7-2)14(3)12-15(4,13-16)17-5/h14,17H,6-12H2,1-5H3. The van der Waals surface area contributed by atoms with E-state index in [1.54, 1.807) is 0 Å². The fourth-order valence-electron chi connectivity index (χ4n) is 2.20. The molecule has 106 valence electrons. The topological polar surface area (TPSA) is 39.1 Å². The Bertz CT molecular complexity index is 239. The summed E-state index contributed by atoms with van der Waals surface area (Å²) in [6.45, 7) is 11.0. The molecular weight excluding hydrogens is 222 g/mol. The molecule has 0 aromatic rings. The summed E-state index contributed by atoms with van der Waals surface area (Å²) in [4.78, 5) is 2.54. The van der Waals surface area contributed by atoms with E-state index < -0.39 is 5.54 Å². The van der Waals surface area contributed by atoms with E-state index in [2.05, 4.69) is 37.1 Å². The van der Waals surface area contributed by atoms with E-state index in [1.807, 2.05) is 14.0 Å². The largest absolute Gasteiger partial charge is 0.303 e. The lowest BCUT2D eigenvalue weighted by Gasteiger charge is -2.33. The van der Waals surface area contributed by atoms with Crippen molar-refractivity contribution < 1.29 is 0 Å². The van der Waals surface area contributed by atoms with Crippen LogP contribution < -0.4 is 5.32 Å². The molecule has 0 aliphatic carbocycles. The highest BCUT2D eigenvalue weighted by Crippen LogP contribution is 2.16. The zero-order chi connectivity index (χ0) is 14.0. The van der Waals surface area contributed by atoms with Crippen molar-refractivity contribution in [2.75, 3.05) is 20.1 Å². The molecule has 0 rings (SSSR count). The van der Waals surface area contributed by atoms with Crippen molar-refractivity contribution in [3.8, 4) is 6.07 Å². The quantitative estimate of drug-likeness (QED) is 0.650. The van der Waals surface area contributed by atoms with Crippen molar-refractivity contribution in [3.63, 3.8) is 0 Å². The fourth-order valence-corrected chi connectivity index (χ4v) is 2.20. The first-order valence-corrected chi connectivity index (χ1v) is 7.37. The van der Waals surface area contributed by atoms with E-state index in [-0.39, 0.29) is 0 Å². The zero-order valence-corrected chi connectivity index (χ0v) is 12.9. The highest BCUT2D eigenvalue weighted by atomic mass is 15.2. The van der Waals surface area contributed by atoms with E-state index in [0.29, 0.717) is 6.04 Å². The number of nitrogens with one attached hydrogen (secondary N) is 1. The number of nitriles is 1. The summed E-state index contributed by atoms with van der Waals surface area (Å²) >= 11 is 0. The normalized spacial score (nSPS) is 16.3. The van der Waals surface area contributed by atoms with Crippen LogP contribution in [-0.4, -0.2) is 36.6 Å². The van der Waals surface area contributed by atoms with Crippen LogP contribution in [0.15, 0.2) is 0 Å². The molecule has 0 amide bonds. The Morgan fingerprint density at radius 1 is 1.22 bits per heavy atom. The van der Waals surface area contributed by atoms with Crippen LogP contribution in [0.4, 0.5) is 0 Å². The van der Waals surface area contributed by atoms with Gasteiger partial charge in [0.2, 0.25) is 0 Å². The maximum Gasteiger partial charge on any atom is 0.105 e. The Balaban J connectivity index is 4.43. The number of rotatable bonds is 10. The van der Waals surface area contributed by atoms with Gasteiger partial charge in [-0.05, 0) is 53.2 Å². The Hall–Kier alpha value is -0.590. The van der Waals surface area contributed by atoms with E-state index >= 15 is 0 Å². The molecule has 0 saturated carbocycles. The van der Waals surface area contributed by atoms with E-state index in [1.165, 1.54) is 25.7 Å². The third-order valence-corrected chi connectivity index (χ3v) is 3.72. The molecule has 0 radical (unpaired) electrons. The van der Waals surface area contributed by atoms with Crippen LogP contribution in [0.1, 0.15) is 59.8 Å². The summed E-state index contributed by atoms with van der Waals surface area (Å²) in [5, 5.41) is 12.4. The summed E-state index contributed by atoms with van der Waals surface area (Å²) in [5.74, 6) is 0. The second-order valence-electron chi connectivity index (χ2n) is 5.49. The van der Waals surface area contributed by atoms with Gasteiger partial charge in [-0.3, -0.25) is 0 Å². The zero-order valence-electron chi connectivity index (χ0n) is 12.9. The Labute approximate surface area is 114 Å². The Morgan fingerprint density at radius 2 is 1.72 bits per heavy atom. The Morgan fingerprint density at radius 3 is 2.06 bits per heavy atom. The van der Waals surface area contributed by atoms with Gasteiger partial charge in [0, 0.05) is 6.04 Å². The molecule has 0 aliphatic heterocycles. The van der Waals surface area contributed by atoms with Crippen molar-refractivity contribution in [2.24, 2.45) is 0 Å².